The standard InChI is InChI=1S/C33H37ClF3N9O4/c1-42-26(23-18-46(41-27(23)33(35,36)37)25-8-11-45(32(25)50)21-3-4-21)17-39-28(42)29(47)40-20-2-5-22(24(34)16-20)31(49)44-14-12-43(13-15-44)30(48)19-6-9-38-10-7-19/h2,5,16-19,21,25,38H,3-4,6-15H2,1H3,(H,40,47). The lowest BCUT2D eigenvalue weighted by molar-refractivity contribution is -0.141. The number of piperidine rings is 1. The Morgan fingerprint density at radius 1 is 0.980 bits per heavy atom. The number of carbonyl (C=O) groups is 4. The van der Waals surface area contributed by atoms with Gasteiger partial charge in [0.1, 0.15) is 6.04 Å². The second kappa shape index (κ2) is 13.4. The fraction of sp³-hybridized carbons (Fsp3) is 0.515. The van der Waals surface area contributed by atoms with Crippen molar-refractivity contribution in [3.63, 3.8) is 0 Å². The van der Waals surface area contributed by atoms with Crippen molar-refractivity contribution >= 4 is 40.9 Å². The Morgan fingerprint density at radius 2 is 1.68 bits per heavy atom. The van der Waals surface area contributed by atoms with Crippen LogP contribution < -0.4 is 10.6 Å². The summed E-state index contributed by atoms with van der Waals surface area (Å²) in [5, 5.41) is 9.81. The van der Waals surface area contributed by atoms with E-state index in [4.69, 9.17) is 11.6 Å². The van der Waals surface area contributed by atoms with Gasteiger partial charge in [0, 0.05) is 63.6 Å². The minimum Gasteiger partial charge on any atom is -0.339 e. The van der Waals surface area contributed by atoms with Gasteiger partial charge in [-0.05, 0) is 63.4 Å². The number of halogens is 4. The number of nitrogens with zero attached hydrogens (tertiary/aromatic N) is 7. The van der Waals surface area contributed by atoms with Gasteiger partial charge in [-0.25, -0.2) is 4.98 Å². The number of likely N-dealkylation sites (tertiary alicyclic amines) is 1. The highest BCUT2D eigenvalue weighted by Gasteiger charge is 2.44. The summed E-state index contributed by atoms with van der Waals surface area (Å²) in [6.07, 6.45) is 1.30. The van der Waals surface area contributed by atoms with Gasteiger partial charge in [0.2, 0.25) is 11.8 Å². The zero-order valence-corrected chi connectivity index (χ0v) is 28.1. The van der Waals surface area contributed by atoms with Crippen LogP contribution in [0.5, 0.6) is 0 Å². The molecule has 0 spiro atoms. The van der Waals surface area contributed by atoms with Crippen LogP contribution in [-0.2, 0) is 22.8 Å². The van der Waals surface area contributed by atoms with Crippen molar-refractivity contribution in [1.29, 1.82) is 0 Å². The molecule has 1 aliphatic carbocycles. The van der Waals surface area contributed by atoms with E-state index in [-0.39, 0.29) is 63.0 Å². The van der Waals surface area contributed by atoms with Gasteiger partial charge in [0.25, 0.3) is 11.8 Å². The van der Waals surface area contributed by atoms with Crippen molar-refractivity contribution in [3.05, 3.63) is 52.7 Å². The van der Waals surface area contributed by atoms with Crippen molar-refractivity contribution in [2.45, 2.75) is 50.4 Å². The smallest absolute Gasteiger partial charge is 0.339 e. The monoisotopic (exact) mass is 715 g/mol. The average Bonchev–Trinajstić information content (AvgIpc) is 3.53. The van der Waals surface area contributed by atoms with E-state index in [9.17, 15) is 32.3 Å². The fourth-order valence-electron chi connectivity index (χ4n) is 7.08. The number of carbonyl (C=O) groups excluding carboxylic acids is 4. The molecule has 7 rings (SSSR count). The molecule has 1 unspecified atom stereocenters. The summed E-state index contributed by atoms with van der Waals surface area (Å²) in [7, 11) is 1.42. The molecule has 1 saturated carbocycles. The van der Waals surface area contributed by atoms with Crippen LogP contribution in [0.3, 0.4) is 0 Å². The largest absolute Gasteiger partial charge is 0.435 e. The van der Waals surface area contributed by atoms with Gasteiger partial charge in [-0.15, -0.1) is 0 Å². The number of hydrogen-bond acceptors (Lipinski definition) is 7. The second-order valence-electron chi connectivity index (χ2n) is 13.3. The lowest BCUT2D eigenvalue weighted by Gasteiger charge is -2.37. The van der Waals surface area contributed by atoms with Crippen molar-refractivity contribution in [2.24, 2.45) is 13.0 Å². The summed E-state index contributed by atoms with van der Waals surface area (Å²) in [5.74, 6) is -1.28. The number of rotatable bonds is 7. The van der Waals surface area contributed by atoms with E-state index in [1.807, 2.05) is 4.90 Å². The highest BCUT2D eigenvalue weighted by atomic mass is 35.5. The molecule has 1 atom stereocenters. The van der Waals surface area contributed by atoms with Crippen molar-refractivity contribution in [1.82, 2.24) is 39.3 Å². The first-order chi connectivity index (χ1) is 23.9. The summed E-state index contributed by atoms with van der Waals surface area (Å²) in [6, 6.07) is 3.74. The molecule has 4 amide bonds. The summed E-state index contributed by atoms with van der Waals surface area (Å²) in [6.45, 7) is 3.74. The van der Waals surface area contributed by atoms with Crippen molar-refractivity contribution < 1.29 is 32.3 Å². The fourth-order valence-corrected chi connectivity index (χ4v) is 7.34. The summed E-state index contributed by atoms with van der Waals surface area (Å²) in [4.78, 5) is 61.7. The highest BCUT2D eigenvalue weighted by Crippen LogP contribution is 2.39. The molecule has 4 fully saturated rings. The van der Waals surface area contributed by atoms with E-state index in [0.717, 1.165) is 49.7 Å². The van der Waals surface area contributed by atoms with E-state index < -0.39 is 23.8 Å². The molecule has 1 aromatic carbocycles. The molecule has 2 aromatic heterocycles. The summed E-state index contributed by atoms with van der Waals surface area (Å²) < 4.78 is 44.8. The maximum Gasteiger partial charge on any atom is 0.435 e. The SMILES string of the molecule is Cn1c(-c2cn(C3CCN(C4CC4)C3=O)nc2C(F)(F)F)cnc1C(=O)Nc1ccc(C(=O)N2CCN(C(=O)C3CCNCC3)CC2)c(Cl)c1. The molecule has 266 valence electrons. The molecule has 13 nitrogen and oxygen atoms in total. The molecule has 0 bridgehead atoms. The van der Waals surface area contributed by atoms with Gasteiger partial charge in [0.05, 0.1) is 28.0 Å². The van der Waals surface area contributed by atoms with Crippen LogP contribution in [0.15, 0.2) is 30.6 Å². The van der Waals surface area contributed by atoms with Crippen molar-refractivity contribution in [3.8, 4) is 11.3 Å². The van der Waals surface area contributed by atoms with E-state index >= 15 is 0 Å². The van der Waals surface area contributed by atoms with Gasteiger partial charge in [-0.1, -0.05) is 11.6 Å². The maximum absolute atomic E-state index is 14.2. The van der Waals surface area contributed by atoms with Crippen LogP contribution in [0.4, 0.5) is 18.9 Å². The minimum absolute atomic E-state index is 0.00487. The molecule has 3 aromatic rings. The Kier molecular flexibility index (Phi) is 9.09. The second-order valence-corrected chi connectivity index (χ2v) is 13.7. The van der Waals surface area contributed by atoms with Gasteiger partial charge in [-0.3, -0.25) is 23.9 Å². The Morgan fingerprint density at radius 3 is 2.34 bits per heavy atom. The van der Waals surface area contributed by atoms with E-state index in [2.05, 4.69) is 20.7 Å². The lowest BCUT2D eigenvalue weighted by Crippen LogP contribution is -2.52. The number of benzene rings is 1. The molecule has 5 heterocycles. The number of alkyl halides is 3. The minimum atomic E-state index is -4.82. The average molecular weight is 716 g/mol. The third-order valence-corrected chi connectivity index (χ3v) is 10.3. The molecule has 0 radical (unpaired) electrons. The first-order valence-electron chi connectivity index (χ1n) is 16.8. The zero-order chi connectivity index (χ0) is 35.3. The van der Waals surface area contributed by atoms with E-state index in [0.29, 0.717) is 39.1 Å². The molecule has 4 aliphatic rings. The number of anilines is 1. The quantitative estimate of drug-likeness (QED) is 0.383. The van der Waals surface area contributed by atoms with Gasteiger partial charge >= 0.3 is 6.18 Å². The van der Waals surface area contributed by atoms with E-state index in [1.165, 1.54) is 36.0 Å². The molecule has 17 heteroatoms. The highest BCUT2D eigenvalue weighted by molar-refractivity contribution is 6.34. The summed E-state index contributed by atoms with van der Waals surface area (Å²) in [5.41, 5.74) is -0.990. The number of hydrogen-bond donors (Lipinski definition) is 2. The first-order valence-corrected chi connectivity index (χ1v) is 17.2. The molecule has 2 N–H and O–H groups in total. The van der Waals surface area contributed by atoms with Gasteiger partial charge in [0.15, 0.2) is 11.5 Å². The van der Waals surface area contributed by atoms with Crippen LogP contribution in [0.2, 0.25) is 5.02 Å². The van der Waals surface area contributed by atoms with Crippen LogP contribution in [0.25, 0.3) is 11.3 Å². The molecular formula is C33H37ClF3N9O4. The predicted octanol–water partition coefficient (Wildman–Crippen LogP) is 3.43. The molecule has 50 heavy (non-hydrogen) atoms. The van der Waals surface area contributed by atoms with Crippen LogP contribution in [-0.4, -0.2) is 110 Å². The summed E-state index contributed by atoms with van der Waals surface area (Å²) >= 11 is 6.49. The number of imidazole rings is 1. The third kappa shape index (κ3) is 6.57. The van der Waals surface area contributed by atoms with Crippen LogP contribution >= 0.6 is 11.6 Å². The molecule has 3 saturated heterocycles. The maximum atomic E-state index is 14.2. The normalized spacial score (nSPS) is 20.5. The molecular weight excluding hydrogens is 679 g/mol. The number of amides is 4. The van der Waals surface area contributed by atoms with Crippen molar-refractivity contribution in [2.75, 3.05) is 51.1 Å². The molecule has 3 aliphatic heterocycles. The lowest BCUT2D eigenvalue weighted by atomic mass is 9.96. The van der Waals surface area contributed by atoms with Gasteiger partial charge < -0.3 is 29.9 Å². The Hall–Kier alpha value is -4.44. The Bertz CT molecular complexity index is 1820. The predicted molar refractivity (Wildman–Crippen MR) is 175 cm³/mol. The van der Waals surface area contributed by atoms with Gasteiger partial charge in [-0.2, -0.15) is 18.3 Å². The first kappa shape index (κ1) is 34.0. The van der Waals surface area contributed by atoms with E-state index in [1.54, 1.807) is 9.80 Å². The topological polar surface area (TPSA) is 138 Å². The Balaban J connectivity index is 1.02. The number of nitrogens with one attached hydrogen (secondary N) is 2. The zero-order valence-electron chi connectivity index (χ0n) is 27.4. The number of piperazine rings is 1. The third-order valence-electron chi connectivity index (χ3n) is 10.0. The van der Waals surface area contributed by atoms with Crippen LogP contribution in [0, 0.1) is 5.92 Å². The Labute approximate surface area is 290 Å². The number of aromatic nitrogens is 4. The van der Waals surface area contributed by atoms with Crippen LogP contribution in [0.1, 0.15) is 64.8 Å².